The quantitative estimate of drug-likeness (QED) is 0.173. The normalized spacial score (nSPS) is 18.8. The molecule has 41 heavy (non-hydrogen) atoms. The molecule has 1 fully saturated rings. The molecule has 214 valence electrons. The first-order chi connectivity index (χ1) is 19.8. The SMILES string of the molecule is Cc1ccc(SC2(C(=O)NCCOCCN)CC(=O)N(Cc3ccc(Br)cc3)C2c2c[nH]c3cc(Cl)ccc23)cc1. The molecule has 3 aromatic carbocycles. The van der Waals surface area contributed by atoms with Crippen molar-refractivity contribution in [3.63, 3.8) is 0 Å². The second-order valence-corrected chi connectivity index (χ2v) is 12.9. The number of rotatable bonds is 11. The third kappa shape index (κ3) is 6.49. The van der Waals surface area contributed by atoms with Crippen LogP contribution < -0.4 is 11.1 Å². The molecule has 10 heteroatoms. The number of aromatic amines is 1. The van der Waals surface area contributed by atoms with E-state index in [9.17, 15) is 9.59 Å². The number of nitrogens with two attached hydrogens (primary N) is 1. The van der Waals surface area contributed by atoms with E-state index in [2.05, 4.69) is 26.2 Å². The highest BCUT2D eigenvalue weighted by atomic mass is 79.9. The Morgan fingerprint density at radius 3 is 2.66 bits per heavy atom. The monoisotopic (exact) mass is 654 g/mol. The molecule has 0 saturated carbocycles. The van der Waals surface area contributed by atoms with E-state index in [1.165, 1.54) is 11.8 Å². The minimum absolute atomic E-state index is 0.0441. The summed E-state index contributed by atoms with van der Waals surface area (Å²) in [5.74, 6) is -0.297. The molecule has 2 heterocycles. The number of hydrogen-bond acceptors (Lipinski definition) is 5. The number of aromatic nitrogens is 1. The van der Waals surface area contributed by atoms with Crippen LogP contribution >= 0.6 is 39.3 Å². The van der Waals surface area contributed by atoms with Gasteiger partial charge in [-0.25, -0.2) is 0 Å². The minimum Gasteiger partial charge on any atom is -0.378 e. The number of aryl methyl sites for hydroxylation is 1. The van der Waals surface area contributed by atoms with Crippen LogP contribution in [0.25, 0.3) is 10.9 Å². The van der Waals surface area contributed by atoms with Gasteiger partial charge in [-0.2, -0.15) is 0 Å². The third-order valence-corrected chi connectivity index (χ3v) is 9.41. The number of fused-ring (bicyclic) bond motifs is 1. The molecule has 0 radical (unpaired) electrons. The highest BCUT2D eigenvalue weighted by Crippen LogP contribution is 2.54. The Bertz CT molecular complexity index is 1530. The Morgan fingerprint density at radius 1 is 1.17 bits per heavy atom. The topological polar surface area (TPSA) is 100 Å². The summed E-state index contributed by atoms with van der Waals surface area (Å²) in [6, 6.07) is 21.0. The van der Waals surface area contributed by atoms with Gasteiger partial charge >= 0.3 is 0 Å². The first-order valence-electron chi connectivity index (χ1n) is 13.4. The lowest BCUT2D eigenvalue weighted by Crippen LogP contribution is -2.49. The Morgan fingerprint density at radius 2 is 1.93 bits per heavy atom. The van der Waals surface area contributed by atoms with Gasteiger partial charge < -0.3 is 25.7 Å². The Labute approximate surface area is 257 Å². The zero-order chi connectivity index (χ0) is 29.0. The fraction of sp³-hybridized carbons (Fsp3) is 0.290. The van der Waals surface area contributed by atoms with Crippen LogP contribution in [-0.4, -0.2) is 52.7 Å². The number of halogens is 2. The molecule has 1 aromatic heterocycles. The van der Waals surface area contributed by atoms with Crippen molar-refractivity contribution in [2.45, 2.75) is 35.6 Å². The number of nitrogens with zero attached hydrogens (tertiary/aromatic N) is 1. The summed E-state index contributed by atoms with van der Waals surface area (Å²) in [6.07, 6.45) is 1.95. The number of ether oxygens (including phenoxy) is 1. The van der Waals surface area contributed by atoms with Crippen LogP contribution in [-0.2, 0) is 20.9 Å². The first-order valence-corrected chi connectivity index (χ1v) is 15.4. The van der Waals surface area contributed by atoms with Gasteiger partial charge in [0.1, 0.15) is 4.75 Å². The number of thioether (sulfide) groups is 1. The van der Waals surface area contributed by atoms with E-state index in [0.717, 1.165) is 37.0 Å². The second kappa shape index (κ2) is 13.0. The molecule has 0 aliphatic carbocycles. The van der Waals surface area contributed by atoms with E-state index >= 15 is 0 Å². The summed E-state index contributed by atoms with van der Waals surface area (Å²) in [5.41, 5.74) is 9.35. The lowest BCUT2D eigenvalue weighted by Gasteiger charge is -2.36. The zero-order valence-corrected chi connectivity index (χ0v) is 25.8. The van der Waals surface area contributed by atoms with Gasteiger partial charge in [0.25, 0.3) is 0 Å². The largest absolute Gasteiger partial charge is 0.378 e. The number of hydrogen-bond donors (Lipinski definition) is 3. The molecule has 4 aromatic rings. The summed E-state index contributed by atoms with van der Waals surface area (Å²) in [7, 11) is 0. The van der Waals surface area contributed by atoms with E-state index in [-0.39, 0.29) is 18.2 Å². The van der Waals surface area contributed by atoms with Crippen LogP contribution in [0.5, 0.6) is 0 Å². The van der Waals surface area contributed by atoms with Crippen LogP contribution in [0.15, 0.2) is 82.3 Å². The average Bonchev–Trinajstić information content (AvgIpc) is 3.48. The van der Waals surface area contributed by atoms with Crippen molar-refractivity contribution in [3.05, 3.63) is 99.1 Å². The molecule has 5 rings (SSSR count). The van der Waals surface area contributed by atoms with Gasteiger partial charge in [0.05, 0.1) is 25.7 Å². The van der Waals surface area contributed by atoms with Crippen molar-refractivity contribution in [3.8, 4) is 0 Å². The maximum Gasteiger partial charge on any atom is 0.239 e. The van der Waals surface area contributed by atoms with E-state index in [1.54, 1.807) is 0 Å². The molecule has 7 nitrogen and oxygen atoms in total. The number of nitrogens with one attached hydrogen (secondary N) is 2. The highest BCUT2D eigenvalue weighted by molar-refractivity contribution is 9.10. The van der Waals surface area contributed by atoms with E-state index in [4.69, 9.17) is 22.1 Å². The van der Waals surface area contributed by atoms with E-state index in [1.807, 2.05) is 84.8 Å². The Balaban J connectivity index is 1.61. The van der Waals surface area contributed by atoms with Gasteiger partial charge in [0.2, 0.25) is 11.8 Å². The molecular weight excluding hydrogens is 624 g/mol. The average molecular weight is 656 g/mol. The summed E-state index contributed by atoms with van der Waals surface area (Å²) in [5, 5.41) is 4.60. The standard InChI is InChI=1S/C31H32BrClN4O3S/c1-20-2-9-24(10-3-20)41-31(30(39)35-13-15-40-14-12-34)17-28(38)37(19-21-4-6-22(32)7-5-21)29(31)26-18-36-27-16-23(33)8-11-25(26)27/h2-11,16,18,29,36H,12-15,17,19,34H2,1H3,(H,35,39). The molecule has 2 amide bonds. The number of H-pyrrole nitrogens is 1. The summed E-state index contributed by atoms with van der Waals surface area (Å²) in [6.45, 7) is 3.86. The summed E-state index contributed by atoms with van der Waals surface area (Å²) >= 11 is 11.2. The molecule has 0 spiro atoms. The molecule has 1 aliphatic heterocycles. The predicted molar refractivity (Wildman–Crippen MR) is 168 cm³/mol. The molecule has 2 unspecified atom stereocenters. The van der Waals surface area contributed by atoms with Crippen LogP contribution in [0, 0.1) is 6.92 Å². The molecule has 4 N–H and O–H groups in total. The number of carbonyl (C=O) groups excluding carboxylic acids is 2. The Hall–Kier alpha value is -2.82. The maximum atomic E-state index is 14.3. The number of benzene rings is 3. The zero-order valence-electron chi connectivity index (χ0n) is 22.7. The molecule has 2 atom stereocenters. The van der Waals surface area contributed by atoms with Crippen molar-refractivity contribution in [2.24, 2.45) is 5.73 Å². The highest BCUT2D eigenvalue weighted by Gasteiger charge is 2.58. The van der Waals surface area contributed by atoms with E-state index in [0.29, 0.717) is 37.9 Å². The molecule has 1 aliphatic rings. The third-order valence-electron chi connectivity index (χ3n) is 7.22. The van der Waals surface area contributed by atoms with Crippen molar-refractivity contribution in [1.82, 2.24) is 15.2 Å². The van der Waals surface area contributed by atoms with Gasteiger partial charge in [0, 0.05) is 56.7 Å². The van der Waals surface area contributed by atoms with Crippen molar-refractivity contribution >= 4 is 62.0 Å². The summed E-state index contributed by atoms with van der Waals surface area (Å²) < 4.78 is 5.32. The number of carbonyl (C=O) groups is 2. The van der Waals surface area contributed by atoms with Crippen molar-refractivity contribution in [1.29, 1.82) is 0 Å². The molecular formula is C31H32BrClN4O3S. The van der Waals surface area contributed by atoms with Crippen molar-refractivity contribution in [2.75, 3.05) is 26.3 Å². The lowest BCUT2D eigenvalue weighted by molar-refractivity contribution is -0.129. The fourth-order valence-corrected chi connectivity index (χ4v) is 7.14. The van der Waals surface area contributed by atoms with Crippen molar-refractivity contribution < 1.29 is 14.3 Å². The van der Waals surface area contributed by atoms with Gasteiger partial charge in [0.15, 0.2) is 0 Å². The lowest BCUT2D eigenvalue weighted by atomic mass is 9.91. The number of likely N-dealkylation sites (tertiary alicyclic amines) is 1. The van der Waals surface area contributed by atoms with Gasteiger partial charge in [-0.3, -0.25) is 9.59 Å². The van der Waals surface area contributed by atoms with Gasteiger partial charge in [-0.05, 0) is 48.9 Å². The second-order valence-electron chi connectivity index (χ2n) is 10.1. The predicted octanol–water partition coefficient (Wildman–Crippen LogP) is 5.99. The van der Waals surface area contributed by atoms with Crippen LogP contribution in [0.2, 0.25) is 5.02 Å². The Kier molecular flexibility index (Phi) is 9.41. The van der Waals surface area contributed by atoms with E-state index < -0.39 is 10.8 Å². The number of amides is 2. The van der Waals surface area contributed by atoms with Crippen LogP contribution in [0.1, 0.15) is 29.2 Å². The summed E-state index contributed by atoms with van der Waals surface area (Å²) in [4.78, 5) is 34.4. The van der Waals surface area contributed by atoms with Crippen LogP contribution in [0.4, 0.5) is 0 Å². The van der Waals surface area contributed by atoms with Crippen LogP contribution in [0.3, 0.4) is 0 Å². The van der Waals surface area contributed by atoms with Gasteiger partial charge in [-0.1, -0.05) is 63.4 Å². The molecule has 1 saturated heterocycles. The maximum absolute atomic E-state index is 14.3. The fourth-order valence-electron chi connectivity index (χ4n) is 5.28. The smallest absolute Gasteiger partial charge is 0.239 e. The van der Waals surface area contributed by atoms with Gasteiger partial charge in [-0.15, -0.1) is 11.8 Å². The molecule has 0 bridgehead atoms. The minimum atomic E-state index is -1.15. The first kappa shape index (κ1) is 29.7.